The molecule has 0 unspecified atom stereocenters. The number of halogens is 2. The Hall–Kier alpha value is -0.210. The standard InChI is InChI=1S/C4H8O2.C2H2Cl2/c1-3-6-4(2)5;1-2(3)4/h3H2,1-2H3;1H2. The zero-order chi connectivity index (χ0) is 8.57. The summed E-state index contributed by atoms with van der Waals surface area (Å²) in [5.74, 6) is -0.211. The SMILES string of the molecule is C=C(Cl)Cl.CCOC(C)=O. The molecule has 4 heteroatoms. The molecule has 10 heavy (non-hydrogen) atoms. The second-order valence-electron chi connectivity index (χ2n) is 1.26. The van der Waals surface area contributed by atoms with E-state index < -0.39 is 0 Å². The molecule has 0 rings (SSSR count). The predicted molar refractivity (Wildman–Crippen MR) is 43.2 cm³/mol. The molecule has 0 saturated heterocycles. The largest absolute Gasteiger partial charge is 0.466 e. The van der Waals surface area contributed by atoms with Gasteiger partial charge in [-0.15, -0.1) is 0 Å². The summed E-state index contributed by atoms with van der Waals surface area (Å²) >= 11 is 9.69. The molecule has 0 atom stereocenters. The highest BCUT2D eigenvalue weighted by Crippen LogP contribution is 1.98. The van der Waals surface area contributed by atoms with Gasteiger partial charge in [-0.1, -0.05) is 29.8 Å². The van der Waals surface area contributed by atoms with E-state index in [4.69, 9.17) is 23.2 Å². The quantitative estimate of drug-likeness (QED) is 0.586. The van der Waals surface area contributed by atoms with E-state index in [1.54, 1.807) is 6.92 Å². The van der Waals surface area contributed by atoms with E-state index in [-0.39, 0.29) is 10.5 Å². The molecule has 0 heterocycles. The van der Waals surface area contributed by atoms with Crippen LogP contribution in [0.4, 0.5) is 0 Å². The van der Waals surface area contributed by atoms with Crippen molar-refractivity contribution in [2.24, 2.45) is 0 Å². The van der Waals surface area contributed by atoms with Crippen LogP contribution in [0.15, 0.2) is 11.1 Å². The van der Waals surface area contributed by atoms with E-state index in [0.717, 1.165) is 0 Å². The van der Waals surface area contributed by atoms with E-state index in [0.29, 0.717) is 6.61 Å². The highest BCUT2D eigenvalue weighted by Gasteiger charge is 1.81. The fraction of sp³-hybridized carbons (Fsp3) is 0.500. The van der Waals surface area contributed by atoms with Crippen LogP contribution in [0.3, 0.4) is 0 Å². The summed E-state index contributed by atoms with van der Waals surface area (Å²) in [5, 5.41) is 0. The number of esters is 1. The highest BCUT2D eigenvalue weighted by atomic mass is 35.5. The second-order valence-corrected chi connectivity index (χ2v) is 2.37. The maximum absolute atomic E-state index is 9.82. The molecule has 0 aliphatic carbocycles. The molecule has 0 N–H and O–H groups in total. The Kier molecular flexibility index (Phi) is 11.0. The third-order valence-corrected chi connectivity index (χ3v) is 0.348. The second kappa shape index (κ2) is 8.79. The molecule has 0 aliphatic heterocycles. The lowest BCUT2D eigenvalue weighted by atomic mass is 10.8. The Bertz CT molecular complexity index is 108. The molecular weight excluding hydrogens is 175 g/mol. The van der Waals surface area contributed by atoms with Gasteiger partial charge in [0, 0.05) is 6.92 Å². The van der Waals surface area contributed by atoms with Gasteiger partial charge < -0.3 is 4.74 Å². The highest BCUT2D eigenvalue weighted by molar-refractivity contribution is 6.55. The molecule has 0 aliphatic rings. The Balaban J connectivity index is 0. The first-order valence-electron chi connectivity index (χ1n) is 2.64. The van der Waals surface area contributed by atoms with Crippen molar-refractivity contribution in [3.8, 4) is 0 Å². The summed E-state index contributed by atoms with van der Waals surface area (Å²) in [5.41, 5.74) is 0. The fourth-order valence-electron chi connectivity index (χ4n) is 0.203. The molecule has 0 bridgehead atoms. The van der Waals surface area contributed by atoms with Gasteiger partial charge in [-0.25, -0.2) is 0 Å². The van der Waals surface area contributed by atoms with Crippen LogP contribution in [-0.4, -0.2) is 12.6 Å². The van der Waals surface area contributed by atoms with E-state index in [1.165, 1.54) is 6.92 Å². The summed E-state index contributed by atoms with van der Waals surface area (Å²) in [7, 11) is 0. The number of carbonyl (C=O) groups is 1. The number of carbonyl (C=O) groups excluding carboxylic acids is 1. The topological polar surface area (TPSA) is 26.3 Å². The van der Waals surface area contributed by atoms with Gasteiger partial charge in [0.25, 0.3) is 0 Å². The molecule has 0 spiro atoms. The number of hydrogen-bond donors (Lipinski definition) is 0. The van der Waals surface area contributed by atoms with E-state index >= 15 is 0 Å². The lowest BCUT2D eigenvalue weighted by Crippen LogP contribution is -1.95. The summed E-state index contributed by atoms with van der Waals surface area (Å²) in [6.07, 6.45) is 0. The predicted octanol–water partition coefficient (Wildman–Crippen LogP) is 2.50. The Morgan fingerprint density at radius 1 is 1.60 bits per heavy atom. The summed E-state index contributed by atoms with van der Waals surface area (Å²) < 4.78 is 4.51. The number of hydrogen-bond acceptors (Lipinski definition) is 2. The van der Waals surface area contributed by atoms with Crippen molar-refractivity contribution in [3.63, 3.8) is 0 Å². The first-order valence-corrected chi connectivity index (χ1v) is 3.39. The third kappa shape index (κ3) is 46.1. The van der Waals surface area contributed by atoms with Gasteiger partial charge in [-0.3, -0.25) is 4.79 Å². The van der Waals surface area contributed by atoms with Gasteiger partial charge in [0.2, 0.25) is 0 Å². The Morgan fingerprint density at radius 3 is 1.90 bits per heavy atom. The molecule has 0 fully saturated rings. The van der Waals surface area contributed by atoms with Crippen LogP contribution in [0.2, 0.25) is 0 Å². The molecule has 0 saturated carbocycles. The van der Waals surface area contributed by atoms with Gasteiger partial charge in [-0.2, -0.15) is 0 Å². The Morgan fingerprint density at radius 2 is 1.90 bits per heavy atom. The van der Waals surface area contributed by atoms with E-state index in [1.807, 2.05) is 0 Å². The minimum atomic E-state index is -0.211. The molecule has 2 nitrogen and oxygen atoms in total. The number of rotatable bonds is 1. The van der Waals surface area contributed by atoms with E-state index in [9.17, 15) is 4.79 Å². The van der Waals surface area contributed by atoms with Crippen molar-refractivity contribution in [3.05, 3.63) is 11.1 Å². The van der Waals surface area contributed by atoms with Crippen molar-refractivity contribution in [1.82, 2.24) is 0 Å². The molecule has 0 aromatic rings. The molecular formula is C6H10Cl2O2. The van der Waals surface area contributed by atoms with Crippen LogP contribution in [0, 0.1) is 0 Å². The molecule has 0 aromatic carbocycles. The summed E-state index contributed by atoms with van der Waals surface area (Å²) in [4.78, 5) is 9.82. The van der Waals surface area contributed by atoms with Gasteiger partial charge >= 0.3 is 5.97 Å². The lowest BCUT2D eigenvalue weighted by Gasteiger charge is -1.89. The molecule has 0 aromatic heterocycles. The zero-order valence-electron chi connectivity index (χ0n) is 5.99. The van der Waals surface area contributed by atoms with Gasteiger partial charge in [0.05, 0.1) is 11.1 Å². The first-order chi connectivity index (χ1) is 4.50. The van der Waals surface area contributed by atoms with Crippen molar-refractivity contribution in [2.45, 2.75) is 13.8 Å². The monoisotopic (exact) mass is 184 g/mol. The van der Waals surface area contributed by atoms with Crippen LogP contribution in [-0.2, 0) is 9.53 Å². The maximum Gasteiger partial charge on any atom is 0.302 e. The molecule has 0 radical (unpaired) electrons. The van der Waals surface area contributed by atoms with Crippen LogP contribution in [0.5, 0.6) is 0 Å². The number of ether oxygens (including phenoxy) is 1. The van der Waals surface area contributed by atoms with Crippen LogP contribution >= 0.6 is 23.2 Å². The average Bonchev–Trinajstić information content (AvgIpc) is 1.62. The average molecular weight is 185 g/mol. The van der Waals surface area contributed by atoms with E-state index in [2.05, 4.69) is 11.3 Å². The van der Waals surface area contributed by atoms with Crippen LogP contribution < -0.4 is 0 Å². The van der Waals surface area contributed by atoms with Crippen molar-refractivity contribution < 1.29 is 9.53 Å². The van der Waals surface area contributed by atoms with Gasteiger partial charge in [-0.05, 0) is 6.92 Å². The van der Waals surface area contributed by atoms with Crippen molar-refractivity contribution in [1.29, 1.82) is 0 Å². The normalized spacial score (nSPS) is 7.20. The van der Waals surface area contributed by atoms with Crippen molar-refractivity contribution >= 4 is 29.2 Å². The zero-order valence-corrected chi connectivity index (χ0v) is 7.50. The fourth-order valence-corrected chi connectivity index (χ4v) is 0.203. The van der Waals surface area contributed by atoms with Crippen LogP contribution in [0.25, 0.3) is 0 Å². The first kappa shape index (κ1) is 12.5. The minimum absolute atomic E-state index is 0.111. The van der Waals surface area contributed by atoms with Gasteiger partial charge in [0.1, 0.15) is 0 Å². The van der Waals surface area contributed by atoms with Gasteiger partial charge in [0.15, 0.2) is 0 Å². The maximum atomic E-state index is 9.82. The lowest BCUT2D eigenvalue weighted by molar-refractivity contribution is -0.140. The minimum Gasteiger partial charge on any atom is -0.466 e. The molecule has 0 amide bonds. The van der Waals surface area contributed by atoms with Crippen molar-refractivity contribution in [2.75, 3.05) is 6.61 Å². The summed E-state index contributed by atoms with van der Waals surface area (Å²) in [6, 6.07) is 0. The summed E-state index contributed by atoms with van der Waals surface area (Å²) in [6.45, 7) is 6.74. The van der Waals surface area contributed by atoms with Crippen LogP contribution in [0.1, 0.15) is 13.8 Å². The smallest absolute Gasteiger partial charge is 0.302 e. The molecule has 60 valence electrons. The third-order valence-electron chi connectivity index (χ3n) is 0.348. The Labute approximate surface area is 70.8 Å².